The van der Waals surface area contributed by atoms with Gasteiger partial charge in [0, 0.05) is 25.2 Å². The largest absolute Gasteiger partial charge is 0.307 e. The molecule has 1 aliphatic heterocycles. The Labute approximate surface area is 96.4 Å². The van der Waals surface area contributed by atoms with Gasteiger partial charge in [-0.1, -0.05) is 13.3 Å². The van der Waals surface area contributed by atoms with Crippen molar-refractivity contribution >= 4 is 0 Å². The van der Waals surface area contributed by atoms with Crippen LogP contribution < -0.4 is 5.32 Å². The summed E-state index contributed by atoms with van der Waals surface area (Å²) in [6.07, 6.45) is 2.75. The second-order valence-electron chi connectivity index (χ2n) is 5.38. The van der Waals surface area contributed by atoms with E-state index in [2.05, 4.69) is 17.1 Å². The normalized spacial score (nSPS) is 33.0. The molecule has 1 saturated carbocycles. The third-order valence-electron chi connectivity index (χ3n) is 3.84. The molecule has 0 aromatic heterocycles. The van der Waals surface area contributed by atoms with Crippen LogP contribution in [0.15, 0.2) is 0 Å². The smallest absolute Gasteiger partial charge is 0.250 e. The number of halogens is 2. The lowest BCUT2D eigenvalue weighted by atomic mass is 9.87. The van der Waals surface area contributed by atoms with E-state index in [0.717, 1.165) is 25.6 Å². The summed E-state index contributed by atoms with van der Waals surface area (Å²) < 4.78 is 24.3. The molecule has 2 fully saturated rings. The summed E-state index contributed by atoms with van der Waals surface area (Å²) in [7, 11) is 0. The highest BCUT2D eigenvalue weighted by molar-refractivity contribution is 4.88. The molecule has 2 rings (SSSR count). The quantitative estimate of drug-likeness (QED) is 0.798. The number of piperidine rings is 1. The van der Waals surface area contributed by atoms with Gasteiger partial charge in [-0.25, -0.2) is 8.78 Å². The van der Waals surface area contributed by atoms with E-state index in [0.29, 0.717) is 5.92 Å². The minimum Gasteiger partial charge on any atom is -0.307 e. The van der Waals surface area contributed by atoms with Crippen molar-refractivity contribution in [2.45, 2.75) is 51.1 Å². The molecule has 0 amide bonds. The van der Waals surface area contributed by atoms with Crippen LogP contribution in [0.1, 0.15) is 32.6 Å². The van der Waals surface area contributed by atoms with Gasteiger partial charge in [0.05, 0.1) is 6.54 Å². The fourth-order valence-corrected chi connectivity index (χ4v) is 2.85. The Kier molecular flexibility index (Phi) is 4.14. The van der Waals surface area contributed by atoms with Crippen LogP contribution in [-0.4, -0.2) is 43.0 Å². The first-order valence-corrected chi connectivity index (χ1v) is 6.40. The SMILES string of the molecule is CC1CC(NCC(F)F)CN(C2CCC2)C1. The van der Waals surface area contributed by atoms with Gasteiger partial charge in [-0.2, -0.15) is 0 Å². The van der Waals surface area contributed by atoms with Gasteiger partial charge in [0.15, 0.2) is 0 Å². The molecule has 0 bridgehead atoms. The standard InChI is InChI=1S/C12H22F2N2/c1-9-5-10(15-6-12(13)14)8-16(7-9)11-3-2-4-11/h9-12,15H,2-8H2,1H3. The molecule has 2 nitrogen and oxygen atoms in total. The first-order valence-electron chi connectivity index (χ1n) is 6.40. The van der Waals surface area contributed by atoms with Crippen molar-refractivity contribution in [2.24, 2.45) is 5.92 Å². The van der Waals surface area contributed by atoms with Gasteiger partial charge < -0.3 is 5.32 Å². The highest BCUT2D eigenvalue weighted by Gasteiger charge is 2.32. The van der Waals surface area contributed by atoms with Crippen molar-refractivity contribution in [3.05, 3.63) is 0 Å². The maximum absolute atomic E-state index is 12.1. The number of likely N-dealkylation sites (tertiary alicyclic amines) is 1. The van der Waals surface area contributed by atoms with E-state index >= 15 is 0 Å². The molecule has 1 saturated heterocycles. The molecule has 0 spiro atoms. The lowest BCUT2D eigenvalue weighted by Gasteiger charge is -2.44. The van der Waals surface area contributed by atoms with Crippen LogP contribution in [0.4, 0.5) is 8.78 Å². The Hall–Kier alpha value is -0.220. The molecule has 1 aliphatic carbocycles. The van der Waals surface area contributed by atoms with Gasteiger partial charge in [0.25, 0.3) is 6.43 Å². The van der Waals surface area contributed by atoms with Gasteiger partial charge in [-0.05, 0) is 25.2 Å². The Morgan fingerprint density at radius 1 is 1.31 bits per heavy atom. The maximum atomic E-state index is 12.1. The zero-order chi connectivity index (χ0) is 11.5. The van der Waals surface area contributed by atoms with Crippen LogP contribution in [0.25, 0.3) is 0 Å². The minimum atomic E-state index is -2.23. The summed E-state index contributed by atoms with van der Waals surface area (Å²) in [6, 6.07) is 0.997. The number of alkyl halides is 2. The summed E-state index contributed by atoms with van der Waals surface area (Å²) in [5, 5.41) is 2.99. The first-order chi connectivity index (χ1) is 7.65. The summed E-state index contributed by atoms with van der Waals surface area (Å²) in [4.78, 5) is 2.50. The second kappa shape index (κ2) is 5.41. The molecule has 4 heteroatoms. The van der Waals surface area contributed by atoms with E-state index in [1.807, 2.05) is 0 Å². The molecule has 2 unspecified atom stereocenters. The van der Waals surface area contributed by atoms with Crippen LogP contribution in [0.3, 0.4) is 0 Å². The van der Waals surface area contributed by atoms with Gasteiger partial charge in [0.2, 0.25) is 0 Å². The van der Waals surface area contributed by atoms with E-state index in [1.54, 1.807) is 0 Å². The molecule has 1 heterocycles. The van der Waals surface area contributed by atoms with Gasteiger partial charge in [-0.15, -0.1) is 0 Å². The average Bonchev–Trinajstić information content (AvgIpc) is 2.11. The van der Waals surface area contributed by atoms with Gasteiger partial charge >= 0.3 is 0 Å². The number of nitrogens with one attached hydrogen (secondary N) is 1. The highest BCUT2D eigenvalue weighted by atomic mass is 19.3. The summed E-state index contributed by atoms with van der Waals surface area (Å²) in [5.74, 6) is 0.629. The summed E-state index contributed by atoms with van der Waals surface area (Å²) in [6.45, 7) is 4.18. The van der Waals surface area contributed by atoms with Crippen molar-refractivity contribution in [3.63, 3.8) is 0 Å². The molecule has 2 aliphatic rings. The zero-order valence-electron chi connectivity index (χ0n) is 9.96. The minimum absolute atomic E-state index is 0.157. The lowest BCUT2D eigenvalue weighted by Crippen LogP contribution is -2.54. The molecular weight excluding hydrogens is 210 g/mol. The van der Waals surface area contributed by atoms with E-state index in [4.69, 9.17) is 0 Å². The third kappa shape index (κ3) is 3.14. The number of hydrogen-bond donors (Lipinski definition) is 1. The van der Waals surface area contributed by atoms with Crippen molar-refractivity contribution in [2.75, 3.05) is 19.6 Å². The number of hydrogen-bond acceptors (Lipinski definition) is 2. The van der Waals surface area contributed by atoms with Crippen molar-refractivity contribution in [1.29, 1.82) is 0 Å². The first kappa shape index (κ1) is 12.2. The molecule has 16 heavy (non-hydrogen) atoms. The molecule has 0 radical (unpaired) electrons. The molecule has 1 N–H and O–H groups in total. The maximum Gasteiger partial charge on any atom is 0.250 e. The third-order valence-corrected chi connectivity index (χ3v) is 3.84. The summed E-state index contributed by atoms with van der Waals surface area (Å²) >= 11 is 0. The highest BCUT2D eigenvalue weighted by Crippen LogP contribution is 2.29. The molecule has 0 aromatic carbocycles. The van der Waals surface area contributed by atoms with E-state index in [1.165, 1.54) is 19.3 Å². The predicted octanol–water partition coefficient (Wildman–Crippen LogP) is 2.10. The number of nitrogens with zero attached hydrogens (tertiary/aromatic N) is 1. The Morgan fingerprint density at radius 2 is 2.06 bits per heavy atom. The predicted molar refractivity (Wildman–Crippen MR) is 60.8 cm³/mol. The van der Waals surface area contributed by atoms with Crippen molar-refractivity contribution in [1.82, 2.24) is 10.2 Å². The zero-order valence-corrected chi connectivity index (χ0v) is 9.96. The van der Waals surface area contributed by atoms with E-state index in [9.17, 15) is 8.78 Å². The molecule has 94 valence electrons. The second-order valence-corrected chi connectivity index (χ2v) is 5.38. The van der Waals surface area contributed by atoms with Crippen LogP contribution in [0, 0.1) is 5.92 Å². The van der Waals surface area contributed by atoms with Gasteiger partial charge in [0.1, 0.15) is 0 Å². The molecule has 0 aromatic rings. The number of rotatable bonds is 4. The van der Waals surface area contributed by atoms with Gasteiger partial charge in [-0.3, -0.25) is 4.90 Å². The van der Waals surface area contributed by atoms with Crippen LogP contribution >= 0.6 is 0 Å². The van der Waals surface area contributed by atoms with Crippen LogP contribution in [0.5, 0.6) is 0 Å². The van der Waals surface area contributed by atoms with E-state index < -0.39 is 6.43 Å². The fourth-order valence-electron chi connectivity index (χ4n) is 2.85. The lowest BCUT2D eigenvalue weighted by molar-refractivity contribution is 0.0565. The van der Waals surface area contributed by atoms with E-state index in [-0.39, 0.29) is 12.6 Å². The van der Waals surface area contributed by atoms with Crippen molar-refractivity contribution in [3.8, 4) is 0 Å². The fraction of sp³-hybridized carbons (Fsp3) is 1.00. The molecule has 2 atom stereocenters. The summed E-state index contributed by atoms with van der Waals surface area (Å²) in [5.41, 5.74) is 0. The monoisotopic (exact) mass is 232 g/mol. The van der Waals surface area contributed by atoms with Crippen LogP contribution in [0.2, 0.25) is 0 Å². The topological polar surface area (TPSA) is 15.3 Å². The van der Waals surface area contributed by atoms with Crippen LogP contribution in [-0.2, 0) is 0 Å². The molecular formula is C12H22F2N2. The average molecular weight is 232 g/mol. The van der Waals surface area contributed by atoms with Crippen molar-refractivity contribution < 1.29 is 8.78 Å². The Bertz CT molecular complexity index is 219. The Balaban J connectivity index is 1.79. The Morgan fingerprint density at radius 3 is 2.62 bits per heavy atom.